The van der Waals surface area contributed by atoms with Crippen molar-refractivity contribution in [3.8, 4) is 0 Å². The first-order valence-corrected chi connectivity index (χ1v) is 9.74. The van der Waals surface area contributed by atoms with Crippen LogP contribution in [-0.4, -0.2) is 72.0 Å². The molecule has 0 saturated carbocycles. The predicted octanol–water partition coefficient (Wildman–Crippen LogP) is 2.07. The van der Waals surface area contributed by atoms with Gasteiger partial charge in [0.25, 0.3) is 0 Å². The van der Waals surface area contributed by atoms with Gasteiger partial charge >= 0.3 is 6.03 Å². The van der Waals surface area contributed by atoms with Crippen molar-refractivity contribution in [3.63, 3.8) is 0 Å². The van der Waals surface area contributed by atoms with Gasteiger partial charge in [-0.1, -0.05) is 24.7 Å². The van der Waals surface area contributed by atoms with Crippen LogP contribution >= 0.6 is 11.3 Å². The number of carbonyl (C=O) groups is 1. The van der Waals surface area contributed by atoms with Crippen LogP contribution in [0.2, 0.25) is 0 Å². The van der Waals surface area contributed by atoms with Gasteiger partial charge in [0.05, 0.1) is 6.61 Å². The Labute approximate surface area is 147 Å². The van der Waals surface area contributed by atoms with Crippen molar-refractivity contribution in [3.05, 3.63) is 5.01 Å². The fraction of sp³-hybridized carbons (Fsp3) is 0.812. The molecule has 2 fully saturated rings. The fourth-order valence-electron chi connectivity index (χ4n) is 3.13. The summed E-state index contributed by atoms with van der Waals surface area (Å²) in [5.41, 5.74) is 0. The van der Waals surface area contributed by atoms with Crippen LogP contribution in [0.15, 0.2) is 0 Å². The van der Waals surface area contributed by atoms with E-state index in [4.69, 9.17) is 4.74 Å². The van der Waals surface area contributed by atoms with E-state index in [1.54, 1.807) is 0 Å². The second-order valence-corrected chi connectivity index (χ2v) is 7.61. The third kappa shape index (κ3) is 4.87. The molecule has 134 valence electrons. The van der Waals surface area contributed by atoms with Crippen LogP contribution in [0, 0.1) is 5.92 Å². The monoisotopic (exact) mass is 353 g/mol. The number of amides is 2. The predicted molar refractivity (Wildman–Crippen MR) is 94.5 cm³/mol. The normalized spacial score (nSPS) is 22.0. The number of hydrogen-bond acceptors (Lipinski definition) is 6. The molecule has 0 radical (unpaired) electrons. The minimum atomic E-state index is -0.0583. The zero-order chi connectivity index (χ0) is 16.8. The molecular formula is C16H27N5O2S. The summed E-state index contributed by atoms with van der Waals surface area (Å²) in [5, 5.41) is 12.7. The number of anilines is 1. The van der Waals surface area contributed by atoms with Crippen LogP contribution in [0.4, 0.5) is 9.93 Å². The first-order chi connectivity index (χ1) is 11.7. The minimum absolute atomic E-state index is 0.0583. The van der Waals surface area contributed by atoms with Gasteiger partial charge in [0.15, 0.2) is 0 Å². The Hall–Kier alpha value is -1.25. The lowest BCUT2D eigenvalue weighted by molar-refractivity contribution is 0.124. The Morgan fingerprint density at radius 1 is 1.33 bits per heavy atom. The van der Waals surface area contributed by atoms with Gasteiger partial charge in [-0.25, -0.2) is 4.79 Å². The maximum Gasteiger partial charge on any atom is 0.323 e. The Morgan fingerprint density at radius 2 is 2.17 bits per heavy atom. The molecule has 2 saturated heterocycles. The Bertz CT molecular complexity index is 524. The number of carbonyl (C=O) groups excluding carboxylic acids is 1. The number of ether oxygens (including phenoxy) is 1. The van der Waals surface area contributed by atoms with E-state index in [-0.39, 0.29) is 6.03 Å². The fourth-order valence-corrected chi connectivity index (χ4v) is 3.90. The summed E-state index contributed by atoms with van der Waals surface area (Å²) in [5.74, 6) is 0.660. The van der Waals surface area contributed by atoms with Gasteiger partial charge in [-0.2, -0.15) is 0 Å². The maximum absolute atomic E-state index is 12.4. The number of unbranched alkanes of at least 4 members (excludes halogenated alkanes) is 1. The highest BCUT2D eigenvalue weighted by Crippen LogP contribution is 2.18. The zero-order valence-corrected chi connectivity index (χ0v) is 15.2. The van der Waals surface area contributed by atoms with Crippen LogP contribution in [-0.2, 0) is 11.2 Å². The van der Waals surface area contributed by atoms with Gasteiger partial charge in [-0.15, -0.1) is 10.2 Å². The quantitative estimate of drug-likeness (QED) is 0.848. The maximum atomic E-state index is 12.4. The molecule has 2 aliphatic rings. The molecule has 1 aromatic rings. The van der Waals surface area contributed by atoms with Crippen LogP contribution in [0.5, 0.6) is 0 Å². The molecule has 1 atom stereocenters. The van der Waals surface area contributed by atoms with Crippen molar-refractivity contribution in [1.29, 1.82) is 0 Å². The number of nitrogens with one attached hydrogen (secondary N) is 1. The number of rotatable bonds is 6. The Morgan fingerprint density at radius 3 is 2.88 bits per heavy atom. The molecule has 1 aromatic heterocycles. The SMILES string of the molecule is CCCCc1nnc(NC(=O)N2CCN(CC3CCOC3)CC2)s1. The summed E-state index contributed by atoms with van der Waals surface area (Å²) >= 11 is 1.48. The summed E-state index contributed by atoms with van der Waals surface area (Å²) < 4.78 is 5.44. The Kier molecular flexibility index (Phi) is 6.39. The van der Waals surface area contributed by atoms with Crippen molar-refractivity contribution >= 4 is 22.5 Å². The highest BCUT2D eigenvalue weighted by molar-refractivity contribution is 7.15. The van der Waals surface area contributed by atoms with Crippen molar-refractivity contribution in [2.45, 2.75) is 32.6 Å². The Balaban J connectivity index is 1.40. The molecule has 1 N–H and O–H groups in total. The number of aryl methyl sites for hydroxylation is 1. The zero-order valence-electron chi connectivity index (χ0n) is 14.4. The summed E-state index contributed by atoms with van der Waals surface area (Å²) in [6.45, 7) is 8.42. The summed E-state index contributed by atoms with van der Waals surface area (Å²) in [4.78, 5) is 16.7. The molecular weight excluding hydrogens is 326 g/mol. The average molecular weight is 353 g/mol. The van der Waals surface area contributed by atoms with E-state index in [9.17, 15) is 4.79 Å². The first kappa shape index (κ1) is 17.6. The molecule has 3 rings (SSSR count). The molecule has 0 aliphatic carbocycles. The third-order valence-electron chi connectivity index (χ3n) is 4.62. The van der Waals surface area contributed by atoms with E-state index in [2.05, 4.69) is 27.3 Å². The van der Waals surface area contributed by atoms with Gasteiger partial charge in [0.2, 0.25) is 5.13 Å². The van der Waals surface area contributed by atoms with E-state index in [1.807, 2.05) is 4.90 Å². The summed E-state index contributed by atoms with van der Waals surface area (Å²) in [7, 11) is 0. The summed E-state index contributed by atoms with van der Waals surface area (Å²) in [6.07, 6.45) is 4.35. The molecule has 0 spiro atoms. The number of aromatic nitrogens is 2. The highest BCUT2D eigenvalue weighted by atomic mass is 32.1. The van der Waals surface area contributed by atoms with Crippen molar-refractivity contribution < 1.29 is 9.53 Å². The van der Waals surface area contributed by atoms with Gasteiger partial charge in [0.1, 0.15) is 5.01 Å². The first-order valence-electron chi connectivity index (χ1n) is 8.93. The lowest BCUT2D eigenvalue weighted by atomic mass is 10.1. The molecule has 8 heteroatoms. The highest BCUT2D eigenvalue weighted by Gasteiger charge is 2.25. The van der Waals surface area contributed by atoms with E-state index in [0.717, 1.165) is 76.6 Å². The van der Waals surface area contributed by atoms with Gasteiger partial charge in [0, 0.05) is 45.8 Å². The van der Waals surface area contributed by atoms with Crippen LogP contribution in [0.25, 0.3) is 0 Å². The molecule has 0 aromatic carbocycles. The van der Waals surface area contributed by atoms with E-state index < -0.39 is 0 Å². The van der Waals surface area contributed by atoms with Crippen LogP contribution in [0.3, 0.4) is 0 Å². The lowest BCUT2D eigenvalue weighted by Crippen LogP contribution is -2.51. The molecule has 2 aliphatic heterocycles. The molecule has 1 unspecified atom stereocenters. The van der Waals surface area contributed by atoms with Crippen LogP contribution < -0.4 is 5.32 Å². The minimum Gasteiger partial charge on any atom is -0.381 e. The molecule has 0 bridgehead atoms. The van der Waals surface area contributed by atoms with Gasteiger partial charge in [-0.3, -0.25) is 10.2 Å². The number of urea groups is 1. The lowest BCUT2D eigenvalue weighted by Gasteiger charge is -2.35. The van der Waals surface area contributed by atoms with Crippen molar-refractivity contribution in [2.24, 2.45) is 5.92 Å². The second-order valence-electron chi connectivity index (χ2n) is 6.55. The topological polar surface area (TPSA) is 70.6 Å². The molecule has 24 heavy (non-hydrogen) atoms. The molecule has 7 nitrogen and oxygen atoms in total. The smallest absolute Gasteiger partial charge is 0.323 e. The number of piperazine rings is 1. The number of hydrogen-bond donors (Lipinski definition) is 1. The number of nitrogens with zero attached hydrogens (tertiary/aromatic N) is 4. The van der Waals surface area contributed by atoms with Crippen LogP contribution in [0.1, 0.15) is 31.2 Å². The van der Waals surface area contributed by atoms with Gasteiger partial charge in [-0.05, 0) is 18.8 Å². The third-order valence-corrected chi connectivity index (χ3v) is 5.52. The van der Waals surface area contributed by atoms with Crippen molar-refractivity contribution in [1.82, 2.24) is 20.0 Å². The average Bonchev–Trinajstić information content (AvgIpc) is 3.25. The van der Waals surface area contributed by atoms with E-state index in [1.165, 1.54) is 11.3 Å². The largest absolute Gasteiger partial charge is 0.381 e. The van der Waals surface area contributed by atoms with Crippen molar-refractivity contribution in [2.75, 3.05) is 51.3 Å². The standard InChI is InChI=1S/C16H27N5O2S/c1-2-3-4-14-18-19-15(24-14)17-16(22)21-8-6-20(7-9-21)11-13-5-10-23-12-13/h13H,2-12H2,1H3,(H,17,19,22). The molecule has 3 heterocycles. The summed E-state index contributed by atoms with van der Waals surface area (Å²) in [6, 6.07) is -0.0583. The van der Waals surface area contributed by atoms with E-state index >= 15 is 0 Å². The second kappa shape index (κ2) is 8.73. The van der Waals surface area contributed by atoms with Gasteiger partial charge < -0.3 is 9.64 Å². The van der Waals surface area contributed by atoms with E-state index in [0.29, 0.717) is 11.0 Å². The molecule has 2 amide bonds.